The molecule has 1 fully saturated rings. The first kappa shape index (κ1) is 17.1. The van der Waals surface area contributed by atoms with Crippen LogP contribution in [0.3, 0.4) is 0 Å². The molecule has 0 N–H and O–H groups in total. The van der Waals surface area contributed by atoms with Crippen LogP contribution in [0.25, 0.3) is 0 Å². The van der Waals surface area contributed by atoms with Crippen molar-refractivity contribution in [2.75, 3.05) is 24.5 Å². The summed E-state index contributed by atoms with van der Waals surface area (Å²) in [4.78, 5) is 24.3. The van der Waals surface area contributed by atoms with Crippen LogP contribution in [0.5, 0.6) is 11.6 Å². The number of piperazine rings is 1. The van der Waals surface area contributed by atoms with Crippen molar-refractivity contribution in [1.82, 2.24) is 14.9 Å². The summed E-state index contributed by atoms with van der Waals surface area (Å²) in [5.41, 5.74) is 0. The van der Waals surface area contributed by atoms with Crippen molar-refractivity contribution < 1.29 is 13.9 Å². The molecule has 0 unspecified atom stereocenters. The molecule has 6 nitrogen and oxygen atoms in total. The Bertz CT molecular complexity index is 755. The number of hydrogen-bond donors (Lipinski definition) is 0. The van der Waals surface area contributed by atoms with Crippen LogP contribution in [0.2, 0.25) is 0 Å². The van der Waals surface area contributed by atoms with Gasteiger partial charge >= 0.3 is 0 Å². The third-order valence-electron chi connectivity index (χ3n) is 4.22. The molecule has 1 aromatic heterocycles. The molecule has 1 aliphatic heterocycles. The molecule has 0 saturated carbocycles. The second kappa shape index (κ2) is 7.46. The average Bonchev–Trinajstić information content (AvgIpc) is 2.61. The predicted octanol–water partition coefficient (Wildman–Crippen LogP) is 2.86. The van der Waals surface area contributed by atoms with Gasteiger partial charge in [0.05, 0.1) is 0 Å². The highest BCUT2D eigenvalue weighted by molar-refractivity contribution is 5.76. The molecule has 7 heteroatoms. The van der Waals surface area contributed by atoms with Crippen LogP contribution in [0.15, 0.2) is 36.7 Å². The Balaban J connectivity index is 1.71. The molecule has 0 spiro atoms. The number of nitrogens with zero attached hydrogens (tertiary/aromatic N) is 4. The summed E-state index contributed by atoms with van der Waals surface area (Å²) >= 11 is 0. The van der Waals surface area contributed by atoms with Gasteiger partial charge in [0.25, 0.3) is 0 Å². The van der Waals surface area contributed by atoms with Gasteiger partial charge in [-0.05, 0) is 19.1 Å². The van der Waals surface area contributed by atoms with Crippen LogP contribution in [0, 0.1) is 5.82 Å². The molecule has 1 aliphatic rings. The molecule has 1 aromatic carbocycles. The van der Waals surface area contributed by atoms with E-state index in [0.29, 0.717) is 37.7 Å². The lowest BCUT2D eigenvalue weighted by Crippen LogP contribution is -2.54. The Kier molecular flexibility index (Phi) is 5.11. The molecule has 2 heterocycles. The molecule has 0 radical (unpaired) electrons. The minimum atomic E-state index is -0.364. The molecule has 0 aliphatic carbocycles. The van der Waals surface area contributed by atoms with Crippen LogP contribution in [0.4, 0.5) is 10.2 Å². The van der Waals surface area contributed by atoms with Gasteiger partial charge in [0.1, 0.15) is 23.7 Å². The number of halogens is 1. The van der Waals surface area contributed by atoms with Crippen molar-refractivity contribution in [1.29, 1.82) is 0 Å². The summed E-state index contributed by atoms with van der Waals surface area (Å²) in [6.07, 6.45) is 1.95. The lowest BCUT2D eigenvalue weighted by atomic mass is 10.1. The highest BCUT2D eigenvalue weighted by Gasteiger charge is 2.27. The van der Waals surface area contributed by atoms with E-state index >= 15 is 0 Å². The van der Waals surface area contributed by atoms with Gasteiger partial charge in [-0.3, -0.25) is 4.79 Å². The molecule has 25 heavy (non-hydrogen) atoms. The third kappa shape index (κ3) is 4.04. The normalized spacial score (nSPS) is 17.5. The summed E-state index contributed by atoms with van der Waals surface area (Å²) < 4.78 is 18.9. The molecule has 2 aromatic rings. The van der Waals surface area contributed by atoms with Gasteiger partial charge in [-0.1, -0.05) is 13.0 Å². The van der Waals surface area contributed by atoms with Crippen LogP contribution in [0.1, 0.15) is 20.3 Å². The second-order valence-electron chi connectivity index (χ2n) is 6.01. The zero-order valence-corrected chi connectivity index (χ0v) is 14.4. The highest BCUT2D eigenvalue weighted by atomic mass is 19.1. The number of carbonyl (C=O) groups is 1. The first-order valence-corrected chi connectivity index (χ1v) is 8.36. The fraction of sp³-hybridized carbons (Fsp3) is 0.389. The monoisotopic (exact) mass is 344 g/mol. The van der Waals surface area contributed by atoms with Gasteiger partial charge in [-0.2, -0.15) is 0 Å². The van der Waals surface area contributed by atoms with E-state index in [4.69, 9.17) is 4.74 Å². The number of benzene rings is 1. The Labute approximate surface area is 146 Å². The van der Waals surface area contributed by atoms with Crippen molar-refractivity contribution in [3.05, 3.63) is 42.5 Å². The largest absolute Gasteiger partial charge is 0.439 e. The van der Waals surface area contributed by atoms with Crippen molar-refractivity contribution in [3.8, 4) is 11.6 Å². The fourth-order valence-electron chi connectivity index (χ4n) is 2.95. The summed E-state index contributed by atoms with van der Waals surface area (Å²) in [5.74, 6) is 1.28. The Hall–Kier alpha value is -2.70. The van der Waals surface area contributed by atoms with Crippen LogP contribution >= 0.6 is 0 Å². The average molecular weight is 344 g/mol. The minimum Gasteiger partial charge on any atom is -0.439 e. The highest BCUT2D eigenvalue weighted by Crippen LogP contribution is 2.24. The Morgan fingerprint density at radius 2 is 2.16 bits per heavy atom. The van der Waals surface area contributed by atoms with E-state index < -0.39 is 0 Å². The van der Waals surface area contributed by atoms with E-state index in [1.165, 1.54) is 18.5 Å². The minimum absolute atomic E-state index is 0.115. The second-order valence-corrected chi connectivity index (χ2v) is 6.01. The molecular formula is C18H21FN4O2. The van der Waals surface area contributed by atoms with Gasteiger partial charge in [0.2, 0.25) is 11.8 Å². The number of carbonyl (C=O) groups excluding carboxylic acids is 1. The van der Waals surface area contributed by atoms with Gasteiger partial charge in [0, 0.05) is 44.2 Å². The quantitative estimate of drug-likeness (QED) is 0.854. The standard InChI is InChI=1S/C18H21FN4O2/c1-3-18(24)23-8-7-22(11-13(23)2)16-10-17(21-12-20-16)25-15-6-4-5-14(19)9-15/h4-6,9-10,12-13H,3,7-8,11H2,1-2H3/t13-/m0/s1. The molecular weight excluding hydrogens is 323 g/mol. The van der Waals surface area contributed by atoms with Crippen molar-refractivity contribution in [2.24, 2.45) is 0 Å². The van der Waals surface area contributed by atoms with Crippen molar-refractivity contribution in [2.45, 2.75) is 26.3 Å². The zero-order chi connectivity index (χ0) is 17.8. The number of aromatic nitrogens is 2. The van der Waals surface area contributed by atoms with Gasteiger partial charge < -0.3 is 14.5 Å². The Morgan fingerprint density at radius 1 is 1.32 bits per heavy atom. The van der Waals surface area contributed by atoms with E-state index in [9.17, 15) is 9.18 Å². The number of anilines is 1. The summed E-state index contributed by atoms with van der Waals surface area (Å²) in [5, 5.41) is 0. The molecule has 132 valence electrons. The first-order valence-electron chi connectivity index (χ1n) is 8.36. The molecule has 0 bridgehead atoms. The summed E-state index contributed by atoms with van der Waals surface area (Å²) in [6, 6.07) is 7.76. The van der Waals surface area contributed by atoms with E-state index in [2.05, 4.69) is 14.9 Å². The van der Waals surface area contributed by atoms with E-state index in [-0.39, 0.29) is 17.8 Å². The number of rotatable bonds is 4. The molecule has 1 amide bonds. The van der Waals surface area contributed by atoms with E-state index in [0.717, 1.165) is 5.82 Å². The lowest BCUT2D eigenvalue weighted by molar-refractivity contribution is -0.133. The lowest BCUT2D eigenvalue weighted by Gasteiger charge is -2.40. The third-order valence-corrected chi connectivity index (χ3v) is 4.22. The first-order chi connectivity index (χ1) is 12.1. The molecule has 1 saturated heterocycles. The van der Waals surface area contributed by atoms with Gasteiger partial charge in [-0.15, -0.1) is 0 Å². The van der Waals surface area contributed by atoms with Crippen LogP contribution in [-0.2, 0) is 4.79 Å². The molecule has 3 rings (SSSR count). The SMILES string of the molecule is CCC(=O)N1CCN(c2cc(Oc3cccc(F)c3)ncn2)C[C@@H]1C. The van der Waals surface area contributed by atoms with E-state index in [1.807, 2.05) is 18.7 Å². The maximum absolute atomic E-state index is 13.3. The summed E-state index contributed by atoms with van der Waals surface area (Å²) in [6.45, 7) is 5.97. The number of hydrogen-bond acceptors (Lipinski definition) is 5. The van der Waals surface area contributed by atoms with Crippen LogP contribution < -0.4 is 9.64 Å². The Morgan fingerprint density at radius 3 is 2.88 bits per heavy atom. The predicted molar refractivity (Wildman–Crippen MR) is 92.2 cm³/mol. The van der Waals surface area contributed by atoms with Gasteiger partial charge in [-0.25, -0.2) is 14.4 Å². The summed E-state index contributed by atoms with van der Waals surface area (Å²) in [7, 11) is 0. The number of amides is 1. The van der Waals surface area contributed by atoms with Crippen molar-refractivity contribution >= 4 is 11.7 Å². The van der Waals surface area contributed by atoms with Gasteiger partial charge in [0.15, 0.2) is 0 Å². The number of ether oxygens (including phenoxy) is 1. The molecule has 1 atom stereocenters. The maximum Gasteiger partial charge on any atom is 0.224 e. The maximum atomic E-state index is 13.3. The zero-order valence-electron chi connectivity index (χ0n) is 14.4. The van der Waals surface area contributed by atoms with Crippen molar-refractivity contribution in [3.63, 3.8) is 0 Å². The topological polar surface area (TPSA) is 58.6 Å². The van der Waals surface area contributed by atoms with E-state index in [1.54, 1.807) is 18.2 Å². The van der Waals surface area contributed by atoms with Crippen LogP contribution in [-0.4, -0.2) is 46.5 Å². The smallest absolute Gasteiger partial charge is 0.224 e. The fourth-order valence-corrected chi connectivity index (χ4v) is 2.95.